The Kier molecular flexibility index (Phi) is 3.81. The number of rotatable bonds is 1. The van der Waals surface area contributed by atoms with Crippen molar-refractivity contribution in [3.63, 3.8) is 0 Å². The Morgan fingerprint density at radius 3 is 2.50 bits per heavy atom. The zero-order chi connectivity index (χ0) is 18.5. The van der Waals surface area contributed by atoms with E-state index in [-0.39, 0.29) is 0 Å². The molecule has 2 aromatic rings. The van der Waals surface area contributed by atoms with Crippen molar-refractivity contribution in [3.8, 4) is 6.07 Å². The Bertz CT molecular complexity index is 969. The number of nitriles is 1. The van der Waals surface area contributed by atoms with Gasteiger partial charge in [-0.1, -0.05) is 58.1 Å². The minimum Gasteiger partial charge on any atom is -0.255 e. The quantitative estimate of drug-likeness (QED) is 0.624. The molecule has 1 aromatic carbocycles. The van der Waals surface area contributed by atoms with E-state index in [2.05, 4.69) is 75.2 Å². The maximum Gasteiger partial charge on any atom is 0.101 e. The van der Waals surface area contributed by atoms with Crippen LogP contribution in [0.1, 0.15) is 51.7 Å². The maximum absolute atomic E-state index is 9.05. The van der Waals surface area contributed by atoms with Crippen LogP contribution in [0.3, 0.4) is 0 Å². The van der Waals surface area contributed by atoms with Crippen molar-refractivity contribution in [2.75, 3.05) is 0 Å². The number of benzene rings is 1. The summed E-state index contributed by atoms with van der Waals surface area (Å²) in [6.07, 6.45) is 11.5. The predicted molar refractivity (Wildman–Crippen MR) is 107 cm³/mol. The van der Waals surface area contributed by atoms with Crippen LogP contribution in [0.2, 0.25) is 0 Å². The van der Waals surface area contributed by atoms with E-state index in [0.29, 0.717) is 28.2 Å². The number of hydrogen-bond acceptors (Lipinski definition) is 2. The van der Waals surface area contributed by atoms with Gasteiger partial charge in [0.1, 0.15) is 6.07 Å². The van der Waals surface area contributed by atoms with Crippen molar-refractivity contribution in [1.29, 1.82) is 5.26 Å². The molecule has 0 saturated heterocycles. The molecular weight excluding hydrogens is 316 g/mol. The number of fused-ring (bicyclic) bond motifs is 2. The molecule has 4 rings (SSSR count). The van der Waals surface area contributed by atoms with Gasteiger partial charge in [-0.25, -0.2) is 0 Å². The summed E-state index contributed by atoms with van der Waals surface area (Å²) in [6.45, 7) is 9.66. The van der Waals surface area contributed by atoms with Gasteiger partial charge in [0.15, 0.2) is 0 Å². The normalized spacial score (nSPS) is 26.0. The molecule has 1 heterocycles. The molecule has 2 unspecified atom stereocenters. The van der Waals surface area contributed by atoms with Crippen LogP contribution >= 0.6 is 0 Å². The number of hydrogen-bond donors (Lipinski definition) is 0. The van der Waals surface area contributed by atoms with Crippen LogP contribution in [-0.2, 0) is 0 Å². The lowest BCUT2D eigenvalue weighted by atomic mass is 9.53. The van der Waals surface area contributed by atoms with Crippen molar-refractivity contribution in [3.05, 3.63) is 59.8 Å². The fraction of sp³-hybridized carbons (Fsp3) is 0.417. The largest absolute Gasteiger partial charge is 0.255 e. The van der Waals surface area contributed by atoms with E-state index < -0.39 is 0 Å². The van der Waals surface area contributed by atoms with E-state index in [4.69, 9.17) is 5.26 Å². The molecule has 2 aliphatic rings. The first-order chi connectivity index (χ1) is 12.3. The summed E-state index contributed by atoms with van der Waals surface area (Å²) >= 11 is 0. The van der Waals surface area contributed by atoms with Gasteiger partial charge in [0.05, 0.1) is 11.1 Å². The fourth-order valence-corrected chi connectivity index (χ4v) is 4.67. The van der Waals surface area contributed by atoms with Crippen molar-refractivity contribution in [1.82, 2.24) is 4.98 Å². The monoisotopic (exact) mass is 342 g/mol. The van der Waals surface area contributed by atoms with E-state index >= 15 is 0 Å². The average Bonchev–Trinajstić information content (AvgIpc) is 2.64. The molecule has 1 saturated carbocycles. The third-order valence-corrected chi connectivity index (χ3v) is 6.59. The standard InChI is InChI=1S/C24H26N2/c1-23(2)9-10-24(3,4)21-12-17(7-8-20(21)23)18-5-6-19-11-16(14-25)15-26-22(19)13-18/h5-8,11-13,15,20-21H,9-10H2,1-4H3. The molecule has 0 radical (unpaired) electrons. The Hall–Kier alpha value is -2.40. The van der Waals surface area contributed by atoms with Crippen LogP contribution < -0.4 is 0 Å². The van der Waals surface area contributed by atoms with Crippen LogP contribution in [0.5, 0.6) is 0 Å². The van der Waals surface area contributed by atoms with Crippen molar-refractivity contribution >= 4 is 16.5 Å². The zero-order valence-corrected chi connectivity index (χ0v) is 16.1. The third kappa shape index (κ3) is 2.76. The topological polar surface area (TPSA) is 36.7 Å². The molecule has 2 aliphatic carbocycles. The molecule has 0 spiro atoms. The minimum absolute atomic E-state index is 0.326. The average molecular weight is 342 g/mol. The van der Waals surface area contributed by atoms with Crippen LogP contribution in [0.15, 0.2) is 48.7 Å². The van der Waals surface area contributed by atoms with Crippen LogP contribution in [0.25, 0.3) is 16.5 Å². The zero-order valence-electron chi connectivity index (χ0n) is 16.1. The Morgan fingerprint density at radius 1 is 1.04 bits per heavy atom. The second-order valence-corrected chi connectivity index (χ2v) is 9.25. The highest BCUT2D eigenvalue weighted by Gasteiger charge is 2.46. The van der Waals surface area contributed by atoms with E-state index in [9.17, 15) is 0 Å². The summed E-state index contributed by atoms with van der Waals surface area (Å²) < 4.78 is 0. The number of pyridine rings is 1. The summed E-state index contributed by atoms with van der Waals surface area (Å²) in [5.41, 5.74) is 4.75. The van der Waals surface area contributed by atoms with Crippen molar-refractivity contribution in [2.24, 2.45) is 22.7 Å². The fourth-order valence-electron chi connectivity index (χ4n) is 4.67. The molecule has 2 atom stereocenters. The van der Waals surface area contributed by atoms with Gasteiger partial charge >= 0.3 is 0 Å². The maximum atomic E-state index is 9.05. The van der Waals surface area contributed by atoms with Crippen molar-refractivity contribution < 1.29 is 0 Å². The van der Waals surface area contributed by atoms with Crippen molar-refractivity contribution in [2.45, 2.75) is 40.5 Å². The van der Waals surface area contributed by atoms with Gasteiger partial charge in [0, 0.05) is 11.6 Å². The van der Waals surface area contributed by atoms with Crippen LogP contribution in [0.4, 0.5) is 0 Å². The molecule has 0 amide bonds. The predicted octanol–water partition coefficient (Wildman–Crippen LogP) is 6.14. The molecule has 1 aromatic heterocycles. The number of aromatic nitrogens is 1. The van der Waals surface area contributed by atoms with E-state index in [1.807, 2.05) is 6.07 Å². The van der Waals surface area contributed by atoms with Gasteiger partial charge < -0.3 is 0 Å². The highest BCUT2D eigenvalue weighted by atomic mass is 14.6. The molecular formula is C24H26N2. The molecule has 0 N–H and O–H groups in total. The molecule has 0 aliphatic heterocycles. The molecule has 26 heavy (non-hydrogen) atoms. The summed E-state index contributed by atoms with van der Waals surface area (Å²) in [5, 5.41) is 10.1. The third-order valence-electron chi connectivity index (χ3n) is 6.59. The summed E-state index contributed by atoms with van der Waals surface area (Å²) in [4.78, 5) is 4.47. The van der Waals surface area contributed by atoms with Gasteiger partial charge in [0.25, 0.3) is 0 Å². The summed E-state index contributed by atoms with van der Waals surface area (Å²) in [7, 11) is 0. The van der Waals surface area contributed by atoms with E-state index in [1.54, 1.807) is 6.20 Å². The first-order valence-corrected chi connectivity index (χ1v) is 9.50. The molecule has 2 heteroatoms. The molecule has 1 fully saturated rings. The molecule has 2 nitrogen and oxygen atoms in total. The highest BCUT2D eigenvalue weighted by molar-refractivity contribution is 5.86. The van der Waals surface area contributed by atoms with Gasteiger partial charge in [-0.15, -0.1) is 0 Å². The lowest BCUT2D eigenvalue weighted by Crippen LogP contribution is -2.43. The molecule has 0 bridgehead atoms. The number of nitrogens with zero attached hydrogens (tertiary/aromatic N) is 2. The smallest absolute Gasteiger partial charge is 0.101 e. The Balaban J connectivity index is 1.75. The van der Waals surface area contributed by atoms with E-state index in [0.717, 1.165) is 10.9 Å². The van der Waals surface area contributed by atoms with Crippen LogP contribution in [-0.4, -0.2) is 4.98 Å². The first kappa shape index (κ1) is 17.0. The van der Waals surface area contributed by atoms with Gasteiger partial charge in [0.2, 0.25) is 0 Å². The number of allylic oxidation sites excluding steroid dienone is 4. The minimum atomic E-state index is 0.326. The van der Waals surface area contributed by atoms with Gasteiger partial charge in [-0.3, -0.25) is 4.98 Å². The second-order valence-electron chi connectivity index (χ2n) is 9.25. The van der Waals surface area contributed by atoms with Gasteiger partial charge in [-0.2, -0.15) is 5.26 Å². The first-order valence-electron chi connectivity index (χ1n) is 9.50. The summed E-state index contributed by atoms with van der Waals surface area (Å²) in [6, 6.07) is 10.4. The van der Waals surface area contributed by atoms with Gasteiger partial charge in [-0.05, 0) is 58.8 Å². The van der Waals surface area contributed by atoms with E-state index in [1.165, 1.54) is 24.0 Å². The lowest BCUT2D eigenvalue weighted by Gasteiger charge is -2.51. The summed E-state index contributed by atoms with van der Waals surface area (Å²) in [5.74, 6) is 1.17. The van der Waals surface area contributed by atoms with Crippen LogP contribution in [0, 0.1) is 34.0 Å². The highest BCUT2D eigenvalue weighted by Crippen LogP contribution is 2.55. The SMILES string of the molecule is CC1(C)CCC(C)(C)C2C=C(c3ccc4cc(C#N)cnc4c3)C=CC21. The lowest BCUT2D eigenvalue weighted by molar-refractivity contribution is 0.0337. The Morgan fingerprint density at radius 2 is 1.77 bits per heavy atom. The Labute approximate surface area is 156 Å². The second kappa shape index (κ2) is 5.81. The molecule has 132 valence electrons.